The average molecular weight is 178 g/mol. The van der Waals surface area contributed by atoms with Crippen molar-refractivity contribution in [1.29, 1.82) is 0 Å². The molecule has 1 aromatic rings. The van der Waals surface area contributed by atoms with Crippen LogP contribution in [-0.2, 0) is 0 Å². The Bertz CT molecular complexity index is 294. The van der Waals surface area contributed by atoms with E-state index in [1.807, 2.05) is 6.20 Å². The van der Waals surface area contributed by atoms with Crippen LogP contribution in [0, 0.1) is 11.8 Å². The Labute approximate surface area is 77.2 Å². The number of hydrogen-bond acceptors (Lipinski definition) is 2. The SMILES string of the molecule is OC1CC2CC1CC2c1cnc[nH]1. The molecule has 4 atom stereocenters. The van der Waals surface area contributed by atoms with Crippen LogP contribution in [0.25, 0.3) is 0 Å². The minimum atomic E-state index is -0.0239. The fourth-order valence-corrected chi connectivity index (χ4v) is 3.10. The van der Waals surface area contributed by atoms with Gasteiger partial charge in [-0.1, -0.05) is 0 Å². The van der Waals surface area contributed by atoms with Crippen molar-refractivity contribution in [2.75, 3.05) is 0 Å². The highest BCUT2D eigenvalue weighted by atomic mass is 16.3. The summed E-state index contributed by atoms with van der Waals surface area (Å²) >= 11 is 0. The lowest BCUT2D eigenvalue weighted by atomic mass is 9.85. The Kier molecular flexibility index (Phi) is 1.50. The molecule has 0 spiro atoms. The van der Waals surface area contributed by atoms with Crippen LogP contribution in [0.2, 0.25) is 0 Å². The van der Waals surface area contributed by atoms with Gasteiger partial charge in [-0.3, -0.25) is 0 Å². The number of aliphatic hydroxyl groups is 1. The quantitative estimate of drug-likeness (QED) is 0.680. The second-order valence-electron chi connectivity index (χ2n) is 4.41. The second-order valence-corrected chi connectivity index (χ2v) is 4.41. The van der Waals surface area contributed by atoms with Crippen molar-refractivity contribution >= 4 is 0 Å². The topological polar surface area (TPSA) is 48.9 Å². The molecule has 2 fully saturated rings. The van der Waals surface area contributed by atoms with Crippen LogP contribution in [0.3, 0.4) is 0 Å². The molecule has 13 heavy (non-hydrogen) atoms. The molecule has 0 aliphatic heterocycles. The molecule has 3 heteroatoms. The van der Waals surface area contributed by atoms with Crippen molar-refractivity contribution in [2.45, 2.75) is 31.3 Å². The zero-order chi connectivity index (χ0) is 8.84. The molecule has 3 nitrogen and oxygen atoms in total. The van der Waals surface area contributed by atoms with E-state index in [9.17, 15) is 5.11 Å². The molecule has 2 aliphatic rings. The number of aromatic amines is 1. The van der Waals surface area contributed by atoms with Crippen molar-refractivity contribution in [3.8, 4) is 0 Å². The summed E-state index contributed by atoms with van der Waals surface area (Å²) in [5.74, 6) is 1.88. The van der Waals surface area contributed by atoms with E-state index in [-0.39, 0.29) is 6.10 Å². The van der Waals surface area contributed by atoms with Crippen LogP contribution in [0.5, 0.6) is 0 Å². The minimum absolute atomic E-state index is 0.0239. The second kappa shape index (κ2) is 2.58. The van der Waals surface area contributed by atoms with E-state index in [0.717, 1.165) is 12.8 Å². The van der Waals surface area contributed by atoms with Crippen LogP contribution in [-0.4, -0.2) is 21.2 Å². The molecular weight excluding hydrogens is 164 g/mol. The summed E-state index contributed by atoms with van der Waals surface area (Å²) in [6.45, 7) is 0. The minimum Gasteiger partial charge on any atom is -0.393 e. The first-order chi connectivity index (χ1) is 6.34. The normalized spacial score (nSPS) is 42.8. The van der Waals surface area contributed by atoms with E-state index in [2.05, 4.69) is 9.97 Å². The van der Waals surface area contributed by atoms with Gasteiger partial charge in [-0.2, -0.15) is 0 Å². The van der Waals surface area contributed by atoms with Crippen molar-refractivity contribution in [2.24, 2.45) is 11.8 Å². The van der Waals surface area contributed by atoms with Crippen LogP contribution in [0.1, 0.15) is 30.9 Å². The summed E-state index contributed by atoms with van der Waals surface area (Å²) in [4.78, 5) is 7.24. The molecular formula is C10H14N2O. The van der Waals surface area contributed by atoms with E-state index in [1.165, 1.54) is 12.1 Å². The maximum absolute atomic E-state index is 9.61. The van der Waals surface area contributed by atoms with Crippen molar-refractivity contribution in [1.82, 2.24) is 9.97 Å². The summed E-state index contributed by atoms with van der Waals surface area (Å²) in [7, 11) is 0. The number of aromatic nitrogens is 2. The molecule has 2 saturated carbocycles. The van der Waals surface area contributed by atoms with Gasteiger partial charge in [-0.15, -0.1) is 0 Å². The van der Waals surface area contributed by atoms with E-state index in [4.69, 9.17) is 0 Å². The van der Waals surface area contributed by atoms with Gasteiger partial charge in [-0.25, -0.2) is 4.98 Å². The number of nitrogens with one attached hydrogen (secondary N) is 1. The standard InChI is InChI=1S/C10H14N2O/c13-10-3-6-1-7(10)2-8(6)9-4-11-5-12-9/h4-8,10,13H,1-3H2,(H,11,12). The molecule has 4 unspecified atom stereocenters. The van der Waals surface area contributed by atoms with Crippen molar-refractivity contribution in [3.05, 3.63) is 18.2 Å². The fourth-order valence-electron chi connectivity index (χ4n) is 3.10. The largest absolute Gasteiger partial charge is 0.393 e. The zero-order valence-corrected chi connectivity index (χ0v) is 7.48. The smallest absolute Gasteiger partial charge is 0.0921 e. The third kappa shape index (κ3) is 1.03. The van der Waals surface area contributed by atoms with E-state index in [1.54, 1.807) is 6.33 Å². The van der Waals surface area contributed by atoms with Crippen LogP contribution in [0.15, 0.2) is 12.5 Å². The van der Waals surface area contributed by atoms with Crippen LogP contribution < -0.4 is 0 Å². The van der Waals surface area contributed by atoms with Crippen molar-refractivity contribution in [3.63, 3.8) is 0 Å². The highest BCUT2D eigenvalue weighted by Gasteiger charge is 2.45. The lowest BCUT2D eigenvalue weighted by molar-refractivity contribution is 0.107. The van der Waals surface area contributed by atoms with E-state index in [0.29, 0.717) is 17.8 Å². The monoisotopic (exact) mass is 178 g/mol. The Morgan fingerprint density at radius 3 is 2.77 bits per heavy atom. The van der Waals surface area contributed by atoms with E-state index >= 15 is 0 Å². The molecule has 0 radical (unpaired) electrons. The number of nitrogens with zero attached hydrogens (tertiary/aromatic N) is 1. The molecule has 2 N–H and O–H groups in total. The Balaban J connectivity index is 1.84. The number of H-pyrrole nitrogens is 1. The first-order valence-electron chi connectivity index (χ1n) is 5.01. The third-order valence-corrected chi connectivity index (χ3v) is 3.74. The van der Waals surface area contributed by atoms with Crippen molar-refractivity contribution < 1.29 is 5.11 Å². The summed E-state index contributed by atoms with van der Waals surface area (Å²) < 4.78 is 0. The number of fused-ring (bicyclic) bond motifs is 2. The van der Waals surface area contributed by atoms with Gasteiger partial charge in [-0.05, 0) is 31.1 Å². The Hall–Kier alpha value is -0.830. The summed E-state index contributed by atoms with van der Waals surface area (Å²) in [5, 5.41) is 9.61. The summed E-state index contributed by atoms with van der Waals surface area (Å²) in [6, 6.07) is 0. The van der Waals surface area contributed by atoms with Gasteiger partial charge in [0.15, 0.2) is 0 Å². The van der Waals surface area contributed by atoms with Crippen LogP contribution >= 0.6 is 0 Å². The first-order valence-corrected chi connectivity index (χ1v) is 5.01. The van der Waals surface area contributed by atoms with Gasteiger partial charge >= 0.3 is 0 Å². The first kappa shape index (κ1) is 7.56. The predicted molar refractivity (Wildman–Crippen MR) is 48.2 cm³/mol. The Morgan fingerprint density at radius 1 is 1.31 bits per heavy atom. The maximum Gasteiger partial charge on any atom is 0.0921 e. The maximum atomic E-state index is 9.61. The number of hydrogen-bond donors (Lipinski definition) is 2. The third-order valence-electron chi connectivity index (χ3n) is 3.74. The zero-order valence-electron chi connectivity index (χ0n) is 7.48. The van der Waals surface area contributed by atoms with Gasteiger partial charge < -0.3 is 10.1 Å². The Morgan fingerprint density at radius 2 is 2.23 bits per heavy atom. The summed E-state index contributed by atoms with van der Waals surface area (Å²) in [5.41, 5.74) is 1.26. The van der Waals surface area contributed by atoms with Gasteiger partial charge in [0.25, 0.3) is 0 Å². The molecule has 0 amide bonds. The summed E-state index contributed by atoms with van der Waals surface area (Å²) in [6.07, 6.45) is 7.01. The molecule has 2 bridgehead atoms. The van der Waals surface area contributed by atoms with E-state index < -0.39 is 0 Å². The van der Waals surface area contributed by atoms with Gasteiger partial charge in [0.05, 0.1) is 12.4 Å². The van der Waals surface area contributed by atoms with Gasteiger partial charge in [0.2, 0.25) is 0 Å². The molecule has 70 valence electrons. The number of rotatable bonds is 1. The average Bonchev–Trinajstić information content (AvgIpc) is 2.75. The number of imidazole rings is 1. The predicted octanol–water partition coefficient (Wildman–Crippen LogP) is 1.28. The van der Waals surface area contributed by atoms with Gasteiger partial charge in [0.1, 0.15) is 0 Å². The lowest BCUT2D eigenvalue weighted by Gasteiger charge is -2.23. The number of aliphatic hydroxyl groups excluding tert-OH is 1. The molecule has 1 heterocycles. The van der Waals surface area contributed by atoms with Crippen LogP contribution in [0.4, 0.5) is 0 Å². The molecule has 0 aromatic carbocycles. The molecule has 0 saturated heterocycles. The molecule has 1 aromatic heterocycles. The molecule has 3 rings (SSSR count). The molecule has 2 aliphatic carbocycles. The lowest BCUT2D eigenvalue weighted by Crippen LogP contribution is -2.20. The highest BCUT2D eigenvalue weighted by molar-refractivity contribution is 5.12. The highest BCUT2D eigenvalue weighted by Crippen LogP contribution is 2.52. The fraction of sp³-hybridized carbons (Fsp3) is 0.700. The van der Waals surface area contributed by atoms with Gasteiger partial charge in [0, 0.05) is 17.8 Å².